The Kier molecular flexibility index (Phi) is 4.50. The normalized spacial score (nSPS) is 12.8. The van der Waals surface area contributed by atoms with Crippen LogP contribution in [0.25, 0.3) is 0 Å². The van der Waals surface area contributed by atoms with E-state index in [2.05, 4.69) is 12.1 Å². The Hall–Kier alpha value is -0.860. The second-order valence-electron chi connectivity index (χ2n) is 3.09. The molecule has 13 heavy (non-hydrogen) atoms. The fourth-order valence-electron chi connectivity index (χ4n) is 1.26. The molecule has 72 valence electrons. The highest BCUT2D eigenvalue weighted by atomic mass is 16.5. The zero-order valence-electron chi connectivity index (χ0n) is 7.94. The van der Waals surface area contributed by atoms with Crippen LogP contribution < -0.4 is 0 Å². The van der Waals surface area contributed by atoms with E-state index in [1.165, 1.54) is 5.56 Å². The maximum atomic E-state index is 8.56. The Morgan fingerprint density at radius 1 is 1.31 bits per heavy atom. The molecule has 2 heteroatoms. The van der Waals surface area contributed by atoms with E-state index in [0.717, 1.165) is 6.42 Å². The van der Waals surface area contributed by atoms with Crippen molar-refractivity contribution >= 4 is 0 Å². The molecule has 0 bridgehead atoms. The van der Waals surface area contributed by atoms with Crippen molar-refractivity contribution in [3.63, 3.8) is 0 Å². The highest BCUT2D eigenvalue weighted by molar-refractivity contribution is 5.15. The molecule has 0 radical (unpaired) electrons. The van der Waals surface area contributed by atoms with Crippen molar-refractivity contribution in [2.24, 2.45) is 0 Å². The van der Waals surface area contributed by atoms with Crippen molar-refractivity contribution < 1.29 is 9.84 Å². The summed E-state index contributed by atoms with van der Waals surface area (Å²) in [6, 6.07) is 10.2. The summed E-state index contributed by atoms with van der Waals surface area (Å²) in [7, 11) is 0. The SMILES string of the molecule is CC(Cc1ccccc1)OCCO. The van der Waals surface area contributed by atoms with Gasteiger partial charge in [-0.1, -0.05) is 30.3 Å². The molecule has 0 heterocycles. The number of aliphatic hydroxyl groups is 1. The standard InChI is InChI=1S/C11H16O2/c1-10(13-8-7-12)9-11-5-3-2-4-6-11/h2-6,10,12H,7-9H2,1H3. The molecule has 0 spiro atoms. The van der Waals surface area contributed by atoms with Crippen LogP contribution in [-0.2, 0) is 11.2 Å². The van der Waals surface area contributed by atoms with Gasteiger partial charge < -0.3 is 9.84 Å². The van der Waals surface area contributed by atoms with Crippen LogP contribution in [0.15, 0.2) is 30.3 Å². The molecule has 1 aromatic carbocycles. The van der Waals surface area contributed by atoms with Gasteiger partial charge in [0, 0.05) is 0 Å². The quantitative estimate of drug-likeness (QED) is 0.746. The van der Waals surface area contributed by atoms with Crippen molar-refractivity contribution in [1.29, 1.82) is 0 Å². The number of ether oxygens (including phenoxy) is 1. The maximum absolute atomic E-state index is 8.56. The van der Waals surface area contributed by atoms with Crippen LogP contribution in [0.5, 0.6) is 0 Å². The predicted molar refractivity (Wildman–Crippen MR) is 52.6 cm³/mol. The van der Waals surface area contributed by atoms with Crippen LogP contribution in [-0.4, -0.2) is 24.4 Å². The molecule has 0 saturated carbocycles. The molecular formula is C11H16O2. The fourth-order valence-corrected chi connectivity index (χ4v) is 1.26. The lowest BCUT2D eigenvalue weighted by atomic mass is 10.1. The third-order valence-electron chi connectivity index (χ3n) is 1.86. The number of hydrogen-bond donors (Lipinski definition) is 1. The van der Waals surface area contributed by atoms with E-state index < -0.39 is 0 Å². The van der Waals surface area contributed by atoms with Gasteiger partial charge in [-0.05, 0) is 18.9 Å². The van der Waals surface area contributed by atoms with Gasteiger partial charge in [-0.3, -0.25) is 0 Å². The zero-order chi connectivity index (χ0) is 9.52. The minimum Gasteiger partial charge on any atom is -0.394 e. The van der Waals surface area contributed by atoms with Gasteiger partial charge in [-0.25, -0.2) is 0 Å². The molecule has 0 saturated heterocycles. The molecule has 0 aliphatic carbocycles. The molecule has 0 amide bonds. The van der Waals surface area contributed by atoms with Crippen molar-refractivity contribution in [3.8, 4) is 0 Å². The lowest BCUT2D eigenvalue weighted by Gasteiger charge is -2.11. The van der Waals surface area contributed by atoms with E-state index >= 15 is 0 Å². The molecule has 1 N–H and O–H groups in total. The smallest absolute Gasteiger partial charge is 0.0701 e. The van der Waals surface area contributed by atoms with E-state index in [1.54, 1.807) is 0 Å². The van der Waals surface area contributed by atoms with E-state index in [9.17, 15) is 0 Å². The summed E-state index contributed by atoms with van der Waals surface area (Å²) in [6.45, 7) is 2.54. The van der Waals surface area contributed by atoms with Gasteiger partial charge in [0.1, 0.15) is 0 Å². The minimum atomic E-state index is 0.0964. The Morgan fingerprint density at radius 2 is 2.00 bits per heavy atom. The molecular weight excluding hydrogens is 164 g/mol. The monoisotopic (exact) mass is 180 g/mol. The second kappa shape index (κ2) is 5.73. The van der Waals surface area contributed by atoms with Crippen molar-refractivity contribution in [3.05, 3.63) is 35.9 Å². The van der Waals surface area contributed by atoms with Crippen LogP contribution in [0.1, 0.15) is 12.5 Å². The third-order valence-corrected chi connectivity index (χ3v) is 1.86. The lowest BCUT2D eigenvalue weighted by Crippen LogP contribution is -2.14. The Bertz CT molecular complexity index is 221. The molecule has 1 atom stereocenters. The summed E-state index contributed by atoms with van der Waals surface area (Å²) in [4.78, 5) is 0. The van der Waals surface area contributed by atoms with Gasteiger partial charge in [-0.2, -0.15) is 0 Å². The first kappa shape index (κ1) is 10.2. The lowest BCUT2D eigenvalue weighted by molar-refractivity contribution is 0.0396. The highest BCUT2D eigenvalue weighted by Gasteiger charge is 2.02. The van der Waals surface area contributed by atoms with Gasteiger partial charge in [0.15, 0.2) is 0 Å². The predicted octanol–water partition coefficient (Wildman–Crippen LogP) is 1.63. The average molecular weight is 180 g/mol. The van der Waals surface area contributed by atoms with Crippen LogP contribution >= 0.6 is 0 Å². The van der Waals surface area contributed by atoms with Crippen molar-refractivity contribution in [2.45, 2.75) is 19.4 Å². The average Bonchev–Trinajstić information content (AvgIpc) is 2.16. The number of aliphatic hydroxyl groups excluding tert-OH is 1. The van der Waals surface area contributed by atoms with E-state index in [4.69, 9.17) is 9.84 Å². The summed E-state index contributed by atoms with van der Waals surface area (Å²) in [5.41, 5.74) is 1.27. The van der Waals surface area contributed by atoms with Gasteiger partial charge in [-0.15, -0.1) is 0 Å². The number of rotatable bonds is 5. The van der Waals surface area contributed by atoms with E-state index in [-0.39, 0.29) is 12.7 Å². The fraction of sp³-hybridized carbons (Fsp3) is 0.455. The first-order valence-corrected chi connectivity index (χ1v) is 4.59. The van der Waals surface area contributed by atoms with Gasteiger partial charge in [0.05, 0.1) is 19.3 Å². The summed E-state index contributed by atoms with van der Waals surface area (Å²) in [5.74, 6) is 0. The molecule has 0 aliphatic heterocycles. The Labute approximate surface area is 79.2 Å². The Morgan fingerprint density at radius 3 is 2.62 bits per heavy atom. The van der Waals surface area contributed by atoms with Crippen LogP contribution in [0, 0.1) is 0 Å². The van der Waals surface area contributed by atoms with Gasteiger partial charge >= 0.3 is 0 Å². The number of benzene rings is 1. The topological polar surface area (TPSA) is 29.5 Å². The third kappa shape index (κ3) is 4.06. The summed E-state index contributed by atoms with van der Waals surface area (Å²) >= 11 is 0. The van der Waals surface area contributed by atoms with Crippen molar-refractivity contribution in [1.82, 2.24) is 0 Å². The maximum Gasteiger partial charge on any atom is 0.0701 e. The molecule has 1 rings (SSSR count). The molecule has 0 fully saturated rings. The minimum absolute atomic E-state index is 0.0964. The summed E-state index contributed by atoms with van der Waals surface area (Å²) in [6.07, 6.45) is 1.08. The van der Waals surface area contributed by atoms with Gasteiger partial charge in [0.2, 0.25) is 0 Å². The van der Waals surface area contributed by atoms with Crippen LogP contribution in [0.4, 0.5) is 0 Å². The van der Waals surface area contributed by atoms with Crippen molar-refractivity contribution in [2.75, 3.05) is 13.2 Å². The highest BCUT2D eigenvalue weighted by Crippen LogP contribution is 2.04. The molecule has 2 nitrogen and oxygen atoms in total. The molecule has 1 unspecified atom stereocenters. The van der Waals surface area contributed by atoms with E-state index in [1.807, 2.05) is 25.1 Å². The van der Waals surface area contributed by atoms with Gasteiger partial charge in [0.25, 0.3) is 0 Å². The second-order valence-corrected chi connectivity index (χ2v) is 3.09. The first-order valence-electron chi connectivity index (χ1n) is 4.59. The summed E-state index contributed by atoms with van der Waals surface area (Å²) < 4.78 is 5.35. The van der Waals surface area contributed by atoms with Crippen LogP contribution in [0.2, 0.25) is 0 Å². The molecule has 0 aromatic heterocycles. The molecule has 1 aromatic rings. The van der Waals surface area contributed by atoms with Crippen LogP contribution in [0.3, 0.4) is 0 Å². The number of hydrogen-bond acceptors (Lipinski definition) is 2. The Balaban J connectivity index is 2.32. The molecule has 0 aliphatic rings. The van der Waals surface area contributed by atoms with E-state index in [0.29, 0.717) is 6.61 Å². The summed E-state index contributed by atoms with van der Waals surface area (Å²) in [5, 5.41) is 8.56. The largest absolute Gasteiger partial charge is 0.394 e. The first-order chi connectivity index (χ1) is 6.33. The zero-order valence-corrected chi connectivity index (χ0v) is 7.94.